The number of nitrogens with one attached hydrogen (secondary N) is 1. The summed E-state index contributed by atoms with van der Waals surface area (Å²) in [5.41, 5.74) is 2.97. The van der Waals surface area contributed by atoms with Gasteiger partial charge in [0.15, 0.2) is 0 Å². The van der Waals surface area contributed by atoms with Crippen LogP contribution in [0.25, 0.3) is 0 Å². The van der Waals surface area contributed by atoms with Gasteiger partial charge in [0.2, 0.25) is 0 Å². The molecule has 114 valence electrons. The molecule has 5 atom stereocenters. The minimum absolute atomic E-state index is 0.145. The SMILES string of the molecule is CC1OC(C)C(C(Cc2ncnn2C(C)C)NN)C1C. The molecule has 5 unspecified atom stereocenters. The number of hydrazine groups is 1. The normalized spacial score (nSPS) is 31.9. The standard InChI is InChI=1S/C14H27N5O/c1-8(2)19-13(16-7-17-19)6-12(18-15)14-9(3)10(4)20-11(14)5/h7-12,14,18H,6,15H2,1-5H3. The lowest BCUT2D eigenvalue weighted by atomic mass is 9.82. The zero-order valence-corrected chi connectivity index (χ0v) is 13.1. The Balaban J connectivity index is 2.15. The summed E-state index contributed by atoms with van der Waals surface area (Å²) >= 11 is 0. The van der Waals surface area contributed by atoms with Gasteiger partial charge in [0.05, 0.1) is 12.2 Å². The Kier molecular flexibility index (Phi) is 4.78. The molecule has 0 bridgehead atoms. The van der Waals surface area contributed by atoms with E-state index in [1.165, 1.54) is 0 Å². The van der Waals surface area contributed by atoms with Crippen LogP contribution in [0.4, 0.5) is 0 Å². The molecule has 2 rings (SSSR count). The van der Waals surface area contributed by atoms with Crippen molar-refractivity contribution in [2.45, 2.75) is 65.3 Å². The summed E-state index contributed by atoms with van der Waals surface area (Å²) in [6.45, 7) is 10.7. The van der Waals surface area contributed by atoms with Gasteiger partial charge in [-0.1, -0.05) is 6.92 Å². The third kappa shape index (κ3) is 2.87. The number of rotatable bonds is 5. The highest BCUT2D eigenvalue weighted by atomic mass is 16.5. The van der Waals surface area contributed by atoms with Crippen LogP contribution in [0.15, 0.2) is 6.33 Å². The van der Waals surface area contributed by atoms with E-state index in [9.17, 15) is 0 Å². The maximum absolute atomic E-state index is 5.93. The van der Waals surface area contributed by atoms with Crippen LogP contribution in [0.5, 0.6) is 0 Å². The predicted molar refractivity (Wildman–Crippen MR) is 77.9 cm³/mol. The van der Waals surface area contributed by atoms with Gasteiger partial charge in [-0.3, -0.25) is 11.3 Å². The first-order valence-corrected chi connectivity index (χ1v) is 7.45. The van der Waals surface area contributed by atoms with E-state index in [1.807, 2.05) is 4.68 Å². The molecule has 1 saturated heterocycles. The van der Waals surface area contributed by atoms with Gasteiger partial charge < -0.3 is 4.74 Å². The van der Waals surface area contributed by atoms with Gasteiger partial charge in [-0.15, -0.1) is 0 Å². The number of hydrogen-bond donors (Lipinski definition) is 2. The Morgan fingerprint density at radius 3 is 2.55 bits per heavy atom. The first-order valence-electron chi connectivity index (χ1n) is 7.45. The second-order valence-electron chi connectivity index (χ2n) is 6.17. The molecule has 1 aliphatic rings. The fourth-order valence-electron chi connectivity index (χ4n) is 3.34. The van der Waals surface area contributed by atoms with Crippen molar-refractivity contribution < 1.29 is 4.74 Å². The lowest BCUT2D eigenvalue weighted by Gasteiger charge is -2.28. The smallest absolute Gasteiger partial charge is 0.138 e. The average Bonchev–Trinajstić information content (AvgIpc) is 2.94. The van der Waals surface area contributed by atoms with Gasteiger partial charge in [0.1, 0.15) is 12.2 Å². The number of hydrogen-bond acceptors (Lipinski definition) is 5. The van der Waals surface area contributed by atoms with E-state index in [0.717, 1.165) is 12.2 Å². The number of aromatic nitrogens is 3. The third-order valence-corrected chi connectivity index (χ3v) is 4.54. The second-order valence-corrected chi connectivity index (χ2v) is 6.17. The first-order chi connectivity index (χ1) is 9.45. The molecule has 3 N–H and O–H groups in total. The van der Waals surface area contributed by atoms with Crippen LogP contribution in [0.2, 0.25) is 0 Å². The molecule has 0 saturated carbocycles. The lowest BCUT2D eigenvalue weighted by Crippen LogP contribution is -2.47. The highest BCUT2D eigenvalue weighted by molar-refractivity contribution is 4.98. The Bertz CT molecular complexity index is 433. The average molecular weight is 281 g/mol. The minimum Gasteiger partial charge on any atom is -0.375 e. The molecule has 0 spiro atoms. The van der Waals surface area contributed by atoms with Crippen LogP contribution in [-0.4, -0.2) is 33.0 Å². The summed E-state index contributed by atoms with van der Waals surface area (Å²) in [6.07, 6.45) is 2.86. The van der Waals surface area contributed by atoms with Gasteiger partial charge in [-0.2, -0.15) is 5.10 Å². The van der Waals surface area contributed by atoms with Crippen molar-refractivity contribution in [1.82, 2.24) is 20.2 Å². The predicted octanol–water partition coefficient (Wildman–Crippen LogP) is 1.29. The summed E-state index contributed by atoms with van der Waals surface area (Å²) in [5, 5.41) is 4.29. The van der Waals surface area contributed by atoms with Crippen LogP contribution in [-0.2, 0) is 11.2 Å². The molecule has 6 nitrogen and oxygen atoms in total. The number of nitrogens with zero attached hydrogens (tertiary/aromatic N) is 3. The Hall–Kier alpha value is -0.980. The van der Waals surface area contributed by atoms with Crippen molar-refractivity contribution >= 4 is 0 Å². The minimum atomic E-state index is 0.145. The summed E-state index contributed by atoms with van der Waals surface area (Å²) < 4.78 is 7.88. The van der Waals surface area contributed by atoms with E-state index in [2.05, 4.69) is 50.1 Å². The highest BCUT2D eigenvalue weighted by Crippen LogP contribution is 2.35. The molecule has 1 aromatic heterocycles. The molecule has 20 heavy (non-hydrogen) atoms. The Morgan fingerprint density at radius 2 is 2.05 bits per heavy atom. The zero-order valence-electron chi connectivity index (χ0n) is 13.1. The number of ether oxygens (including phenoxy) is 1. The van der Waals surface area contributed by atoms with E-state index in [1.54, 1.807) is 6.33 Å². The topological polar surface area (TPSA) is 78.0 Å². The van der Waals surface area contributed by atoms with Gasteiger partial charge in [-0.25, -0.2) is 9.67 Å². The van der Waals surface area contributed by atoms with Crippen LogP contribution in [0, 0.1) is 11.8 Å². The molecule has 2 heterocycles. The summed E-state index contributed by atoms with van der Waals surface area (Å²) in [5.74, 6) is 7.63. The molecule has 0 aliphatic carbocycles. The summed E-state index contributed by atoms with van der Waals surface area (Å²) in [7, 11) is 0. The van der Waals surface area contributed by atoms with Gasteiger partial charge in [0.25, 0.3) is 0 Å². The molecule has 1 aliphatic heterocycles. The fraction of sp³-hybridized carbons (Fsp3) is 0.857. The number of nitrogens with two attached hydrogens (primary N) is 1. The van der Waals surface area contributed by atoms with Crippen LogP contribution < -0.4 is 11.3 Å². The molecule has 0 amide bonds. The maximum atomic E-state index is 5.93. The fourth-order valence-corrected chi connectivity index (χ4v) is 3.34. The largest absolute Gasteiger partial charge is 0.375 e. The second kappa shape index (κ2) is 6.20. The van der Waals surface area contributed by atoms with Crippen LogP contribution in [0.1, 0.15) is 46.5 Å². The molecule has 1 aromatic rings. The molecular formula is C14H27N5O. The monoisotopic (exact) mass is 281 g/mol. The van der Waals surface area contributed by atoms with Crippen molar-refractivity contribution in [3.05, 3.63) is 12.2 Å². The van der Waals surface area contributed by atoms with Gasteiger partial charge >= 0.3 is 0 Å². The van der Waals surface area contributed by atoms with Crippen molar-refractivity contribution in [3.8, 4) is 0 Å². The van der Waals surface area contributed by atoms with E-state index >= 15 is 0 Å². The van der Waals surface area contributed by atoms with Crippen molar-refractivity contribution in [2.24, 2.45) is 17.7 Å². The molecule has 0 radical (unpaired) electrons. The van der Waals surface area contributed by atoms with Crippen LogP contribution in [0.3, 0.4) is 0 Å². The van der Waals surface area contributed by atoms with Gasteiger partial charge in [-0.05, 0) is 33.6 Å². The first kappa shape index (κ1) is 15.4. The van der Waals surface area contributed by atoms with Crippen molar-refractivity contribution in [3.63, 3.8) is 0 Å². The summed E-state index contributed by atoms with van der Waals surface area (Å²) in [6, 6.07) is 0.450. The van der Waals surface area contributed by atoms with E-state index in [-0.39, 0.29) is 18.2 Å². The molecule has 1 fully saturated rings. The van der Waals surface area contributed by atoms with Gasteiger partial charge in [0, 0.05) is 24.4 Å². The van der Waals surface area contributed by atoms with E-state index < -0.39 is 0 Å². The Labute approximate surface area is 121 Å². The van der Waals surface area contributed by atoms with Crippen molar-refractivity contribution in [2.75, 3.05) is 0 Å². The zero-order chi connectivity index (χ0) is 14.9. The Morgan fingerprint density at radius 1 is 1.35 bits per heavy atom. The van der Waals surface area contributed by atoms with Crippen LogP contribution >= 0.6 is 0 Å². The molecular weight excluding hydrogens is 254 g/mol. The summed E-state index contributed by atoms with van der Waals surface area (Å²) in [4.78, 5) is 4.38. The lowest BCUT2D eigenvalue weighted by molar-refractivity contribution is 0.0474. The maximum Gasteiger partial charge on any atom is 0.138 e. The van der Waals surface area contributed by atoms with E-state index in [4.69, 9.17) is 10.6 Å². The van der Waals surface area contributed by atoms with E-state index in [0.29, 0.717) is 17.9 Å². The third-order valence-electron chi connectivity index (χ3n) is 4.54. The molecule has 0 aromatic carbocycles. The molecule has 6 heteroatoms. The van der Waals surface area contributed by atoms with Crippen molar-refractivity contribution in [1.29, 1.82) is 0 Å². The highest BCUT2D eigenvalue weighted by Gasteiger charge is 2.41. The quantitative estimate of drug-likeness (QED) is 0.628.